The number of piperidine rings is 1. The molecule has 1 aliphatic heterocycles. The number of likely N-dealkylation sites (tertiary alicyclic amines) is 1. The zero-order chi connectivity index (χ0) is 19.1. The summed E-state index contributed by atoms with van der Waals surface area (Å²) in [6.07, 6.45) is 4.90. The Balaban J connectivity index is 1.44. The largest absolute Gasteiger partial charge is 0.395 e. The van der Waals surface area contributed by atoms with Gasteiger partial charge in [0, 0.05) is 19.6 Å². The predicted molar refractivity (Wildman–Crippen MR) is 104 cm³/mol. The van der Waals surface area contributed by atoms with Gasteiger partial charge in [-0.3, -0.25) is 4.79 Å². The molecule has 7 heteroatoms. The van der Waals surface area contributed by atoms with Crippen molar-refractivity contribution >= 4 is 5.91 Å². The second kappa shape index (κ2) is 9.62. The minimum Gasteiger partial charge on any atom is -0.395 e. The van der Waals surface area contributed by atoms with Crippen molar-refractivity contribution in [1.29, 1.82) is 0 Å². The van der Waals surface area contributed by atoms with E-state index in [1.54, 1.807) is 6.20 Å². The van der Waals surface area contributed by atoms with Crippen molar-refractivity contribution in [2.45, 2.75) is 38.1 Å². The van der Waals surface area contributed by atoms with Gasteiger partial charge in [-0.2, -0.15) is 0 Å². The lowest BCUT2D eigenvalue weighted by atomic mass is 9.97. The zero-order valence-electron chi connectivity index (χ0n) is 15.9. The molecule has 1 aromatic carbocycles. The van der Waals surface area contributed by atoms with Gasteiger partial charge in [-0.1, -0.05) is 42.5 Å². The zero-order valence-corrected chi connectivity index (χ0v) is 15.9. The van der Waals surface area contributed by atoms with Crippen molar-refractivity contribution in [1.82, 2.24) is 25.2 Å². The van der Waals surface area contributed by atoms with Crippen molar-refractivity contribution in [3.05, 3.63) is 47.8 Å². The molecule has 1 aromatic heterocycles. The number of carbonyl (C=O) groups is 1. The molecule has 0 bridgehead atoms. The summed E-state index contributed by atoms with van der Waals surface area (Å²) in [7, 11) is 0. The molecule has 0 saturated carbocycles. The Kier molecular flexibility index (Phi) is 6.95. The van der Waals surface area contributed by atoms with Crippen LogP contribution in [0.2, 0.25) is 0 Å². The molecule has 1 saturated heterocycles. The number of nitrogens with zero attached hydrogens (tertiary/aromatic N) is 4. The third-order valence-electron chi connectivity index (χ3n) is 5.32. The fraction of sp³-hybridized carbons (Fsp3) is 0.550. The highest BCUT2D eigenvalue weighted by Crippen LogP contribution is 2.24. The molecule has 1 aliphatic rings. The Morgan fingerprint density at radius 1 is 1.30 bits per heavy atom. The summed E-state index contributed by atoms with van der Waals surface area (Å²) in [5, 5.41) is 19.5. The molecular formula is C20H29N5O2. The number of aliphatic hydroxyl groups excluding tert-OH is 1. The summed E-state index contributed by atoms with van der Waals surface area (Å²) in [6.45, 7) is 5.62. The normalized spacial score (nSPS) is 17.0. The topological polar surface area (TPSA) is 83.3 Å². The molecule has 0 radical (unpaired) electrons. The Morgan fingerprint density at radius 2 is 2.04 bits per heavy atom. The van der Waals surface area contributed by atoms with Crippen molar-refractivity contribution in [3.63, 3.8) is 0 Å². The van der Waals surface area contributed by atoms with E-state index in [0.29, 0.717) is 17.7 Å². The van der Waals surface area contributed by atoms with Crippen LogP contribution in [0.1, 0.15) is 54.2 Å². The molecule has 1 fully saturated rings. The first-order valence-electron chi connectivity index (χ1n) is 9.75. The third kappa shape index (κ3) is 5.37. The van der Waals surface area contributed by atoms with E-state index < -0.39 is 0 Å². The minimum atomic E-state index is -0.289. The summed E-state index contributed by atoms with van der Waals surface area (Å²) in [6, 6.07) is 11.0. The van der Waals surface area contributed by atoms with Crippen LogP contribution in [0.5, 0.6) is 0 Å². The summed E-state index contributed by atoms with van der Waals surface area (Å²) < 4.78 is 1.82. The first kappa shape index (κ1) is 19.5. The van der Waals surface area contributed by atoms with Gasteiger partial charge >= 0.3 is 0 Å². The molecule has 3 rings (SSSR count). The van der Waals surface area contributed by atoms with Crippen LogP contribution in [-0.2, 0) is 0 Å². The quantitative estimate of drug-likeness (QED) is 0.740. The molecule has 7 nitrogen and oxygen atoms in total. The van der Waals surface area contributed by atoms with Gasteiger partial charge in [0.25, 0.3) is 5.91 Å². The Bertz CT molecular complexity index is 710. The van der Waals surface area contributed by atoms with E-state index in [4.69, 9.17) is 5.11 Å². The van der Waals surface area contributed by atoms with Crippen LogP contribution in [0, 0.1) is 0 Å². The van der Waals surface area contributed by atoms with Crippen LogP contribution in [0.4, 0.5) is 0 Å². The molecule has 1 unspecified atom stereocenters. The van der Waals surface area contributed by atoms with Crippen LogP contribution in [-0.4, -0.2) is 63.7 Å². The van der Waals surface area contributed by atoms with E-state index >= 15 is 0 Å². The lowest BCUT2D eigenvalue weighted by Crippen LogP contribution is -2.35. The van der Waals surface area contributed by atoms with E-state index in [-0.39, 0.29) is 19.1 Å². The Morgan fingerprint density at radius 3 is 2.74 bits per heavy atom. The average molecular weight is 371 g/mol. The molecule has 2 aromatic rings. The predicted octanol–water partition coefficient (Wildman–Crippen LogP) is 1.83. The highest BCUT2D eigenvalue weighted by Gasteiger charge is 2.23. The third-order valence-corrected chi connectivity index (χ3v) is 5.32. The molecule has 1 atom stereocenters. The number of benzene rings is 1. The molecular weight excluding hydrogens is 342 g/mol. The number of aliphatic hydroxyl groups is 1. The first-order chi connectivity index (χ1) is 13.2. The second-order valence-corrected chi connectivity index (χ2v) is 7.24. The van der Waals surface area contributed by atoms with Gasteiger partial charge in [-0.25, -0.2) is 4.68 Å². The molecule has 2 N–H and O–H groups in total. The number of amides is 1. The van der Waals surface area contributed by atoms with Gasteiger partial charge in [0.2, 0.25) is 0 Å². The fourth-order valence-electron chi connectivity index (χ4n) is 3.55. The number of rotatable bonds is 8. The molecule has 27 heavy (non-hydrogen) atoms. The van der Waals surface area contributed by atoms with E-state index in [1.165, 1.54) is 5.56 Å². The molecule has 1 amide bonds. The van der Waals surface area contributed by atoms with Crippen molar-refractivity contribution in [3.8, 4) is 0 Å². The maximum absolute atomic E-state index is 11.9. The van der Waals surface area contributed by atoms with Gasteiger partial charge in [0.1, 0.15) is 0 Å². The monoisotopic (exact) mass is 371 g/mol. The maximum Gasteiger partial charge on any atom is 0.273 e. The number of carbonyl (C=O) groups excluding carboxylic acids is 1. The van der Waals surface area contributed by atoms with Crippen LogP contribution in [0.3, 0.4) is 0 Å². The summed E-state index contributed by atoms with van der Waals surface area (Å²) in [5.41, 5.74) is 1.71. The average Bonchev–Trinajstić information content (AvgIpc) is 3.21. The number of hydrogen-bond acceptors (Lipinski definition) is 5. The van der Waals surface area contributed by atoms with E-state index in [9.17, 15) is 4.79 Å². The van der Waals surface area contributed by atoms with Crippen LogP contribution in [0.25, 0.3) is 0 Å². The van der Waals surface area contributed by atoms with Crippen molar-refractivity contribution < 1.29 is 9.90 Å². The van der Waals surface area contributed by atoms with Crippen LogP contribution in [0.15, 0.2) is 36.5 Å². The highest BCUT2D eigenvalue weighted by atomic mass is 16.3. The number of nitrogens with one attached hydrogen (secondary N) is 1. The van der Waals surface area contributed by atoms with Gasteiger partial charge in [-0.15, -0.1) is 5.10 Å². The minimum absolute atomic E-state index is 0.0821. The lowest BCUT2D eigenvalue weighted by Gasteiger charge is -2.32. The smallest absolute Gasteiger partial charge is 0.273 e. The molecule has 2 heterocycles. The second-order valence-electron chi connectivity index (χ2n) is 7.24. The fourth-order valence-corrected chi connectivity index (χ4v) is 3.55. The summed E-state index contributed by atoms with van der Waals surface area (Å²) in [5.74, 6) is 0.280. The van der Waals surface area contributed by atoms with Crippen molar-refractivity contribution in [2.75, 3.05) is 32.8 Å². The van der Waals surface area contributed by atoms with Gasteiger partial charge in [0.15, 0.2) is 5.69 Å². The van der Waals surface area contributed by atoms with Crippen molar-refractivity contribution in [2.24, 2.45) is 0 Å². The number of hydrogen-bond donors (Lipinski definition) is 2. The Hall–Kier alpha value is -2.25. The van der Waals surface area contributed by atoms with Crippen LogP contribution >= 0.6 is 0 Å². The SMILES string of the molecule is CC(CCN1CCC(n2cc(C(=O)NCCO)nn2)CC1)c1ccccc1. The Labute approximate surface area is 160 Å². The maximum atomic E-state index is 11.9. The molecule has 146 valence electrons. The summed E-state index contributed by atoms with van der Waals surface area (Å²) >= 11 is 0. The van der Waals surface area contributed by atoms with E-state index in [0.717, 1.165) is 38.9 Å². The highest BCUT2D eigenvalue weighted by molar-refractivity contribution is 5.91. The van der Waals surface area contributed by atoms with Crippen LogP contribution < -0.4 is 5.32 Å². The van der Waals surface area contributed by atoms with E-state index in [2.05, 4.69) is 57.8 Å². The molecule has 0 aliphatic carbocycles. The van der Waals surface area contributed by atoms with E-state index in [1.807, 2.05) is 4.68 Å². The van der Waals surface area contributed by atoms with Gasteiger partial charge < -0.3 is 15.3 Å². The van der Waals surface area contributed by atoms with Gasteiger partial charge in [-0.05, 0) is 37.3 Å². The van der Waals surface area contributed by atoms with Gasteiger partial charge in [0.05, 0.1) is 18.8 Å². The standard InChI is InChI=1S/C20H29N5O2/c1-16(17-5-3-2-4-6-17)7-11-24-12-8-18(9-13-24)25-15-19(22-23-25)20(27)21-10-14-26/h2-6,15-16,18,26H,7-14H2,1H3,(H,21,27). The lowest BCUT2D eigenvalue weighted by molar-refractivity contribution is 0.0939. The number of aromatic nitrogens is 3. The summed E-state index contributed by atoms with van der Waals surface area (Å²) in [4.78, 5) is 14.4. The first-order valence-corrected chi connectivity index (χ1v) is 9.75. The molecule has 0 spiro atoms.